The molecule has 1 aromatic heterocycles. The molecule has 0 spiro atoms. The zero-order valence-electron chi connectivity index (χ0n) is 19.7. The van der Waals surface area contributed by atoms with Gasteiger partial charge in [-0.25, -0.2) is 4.98 Å². The predicted molar refractivity (Wildman–Crippen MR) is 133 cm³/mol. The third-order valence-electron chi connectivity index (χ3n) is 7.20. The van der Waals surface area contributed by atoms with E-state index >= 15 is 0 Å². The molecule has 2 aliphatic rings. The molecule has 0 saturated carbocycles. The summed E-state index contributed by atoms with van der Waals surface area (Å²) in [5.41, 5.74) is 1.37. The molecule has 0 unspecified atom stereocenters. The van der Waals surface area contributed by atoms with Crippen molar-refractivity contribution in [2.45, 2.75) is 57.3 Å². The maximum atomic E-state index is 6.14. The molecule has 0 amide bonds. The largest absolute Gasteiger partial charge is 0.380 e. The first-order valence-corrected chi connectivity index (χ1v) is 12.3. The van der Waals surface area contributed by atoms with Crippen molar-refractivity contribution in [1.82, 2.24) is 14.8 Å². The molecule has 0 radical (unpaired) electrons. The van der Waals surface area contributed by atoms with Crippen LogP contribution in [0, 0.1) is 0 Å². The Morgan fingerprint density at radius 3 is 2.50 bits per heavy atom. The number of anilines is 1. The average molecular weight is 457 g/mol. The van der Waals surface area contributed by atoms with Gasteiger partial charge >= 0.3 is 0 Å². The fourth-order valence-electron chi connectivity index (χ4n) is 5.27. The van der Waals surface area contributed by atoms with E-state index in [9.17, 15) is 0 Å². The number of hydrogen-bond acceptors (Lipinski definition) is 5. The van der Waals surface area contributed by atoms with Gasteiger partial charge in [0.1, 0.15) is 5.82 Å². The molecule has 3 atom stereocenters. The summed E-state index contributed by atoms with van der Waals surface area (Å²) in [4.78, 5) is 12.4. The van der Waals surface area contributed by atoms with Crippen LogP contribution in [0.4, 0.5) is 5.82 Å². The summed E-state index contributed by atoms with van der Waals surface area (Å²) in [5.74, 6) is 1.11. The second kappa shape index (κ2) is 11.0. The lowest BCUT2D eigenvalue weighted by molar-refractivity contribution is -0.0219. The first-order valence-electron chi connectivity index (χ1n) is 12.0. The highest BCUT2D eigenvalue weighted by molar-refractivity contribution is 6.30. The van der Waals surface area contributed by atoms with Gasteiger partial charge in [-0.05, 0) is 62.9 Å². The van der Waals surface area contributed by atoms with Crippen LogP contribution in [0.15, 0.2) is 48.7 Å². The van der Waals surface area contributed by atoms with E-state index in [2.05, 4.69) is 57.8 Å². The van der Waals surface area contributed by atoms with Crippen molar-refractivity contribution in [3.05, 3.63) is 59.2 Å². The Morgan fingerprint density at radius 2 is 1.84 bits per heavy atom. The molecular formula is C26H37ClN4O. The topological polar surface area (TPSA) is 31.8 Å². The SMILES string of the molecule is CO[C@H](C)CN1C[C@H](Cc2ccc(Cl)cc2)N(C2CCN(c3ccccn3)CC2)C[C@@H]1C. The van der Waals surface area contributed by atoms with E-state index in [1.807, 2.05) is 31.5 Å². The van der Waals surface area contributed by atoms with E-state index in [4.69, 9.17) is 16.3 Å². The second-order valence-corrected chi connectivity index (χ2v) is 9.87. The van der Waals surface area contributed by atoms with Crippen molar-refractivity contribution in [2.75, 3.05) is 44.7 Å². The number of aromatic nitrogens is 1. The van der Waals surface area contributed by atoms with Gasteiger partial charge in [0, 0.05) is 69.2 Å². The lowest BCUT2D eigenvalue weighted by atomic mass is 9.94. The quantitative estimate of drug-likeness (QED) is 0.618. The summed E-state index contributed by atoms with van der Waals surface area (Å²) in [6, 6.07) is 16.3. The number of piperidine rings is 1. The number of hydrogen-bond donors (Lipinski definition) is 0. The van der Waals surface area contributed by atoms with E-state index in [1.54, 1.807) is 0 Å². The maximum Gasteiger partial charge on any atom is 0.128 e. The molecule has 0 N–H and O–H groups in total. The van der Waals surface area contributed by atoms with Crippen LogP contribution in [0.5, 0.6) is 0 Å². The van der Waals surface area contributed by atoms with Gasteiger partial charge in [0.2, 0.25) is 0 Å². The summed E-state index contributed by atoms with van der Waals surface area (Å²) in [6.07, 6.45) is 5.58. The van der Waals surface area contributed by atoms with E-state index in [0.717, 1.165) is 50.0 Å². The molecule has 1 aromatic carbocycles. The number of methoxy groups -OCH3 is 1. The molecule has 2 aromatic rings. The molecule has 2 aliphatic heterocycles. The summed E-state index contributed by atoms with van der Waals surface area (Å²) >= 11 is 6.14. The first kappa shape index (κ1) is 23.5. The lowest BCUT2D eigenvalue weighted by Crippen LogP contribution is -2.62. The highest BCUT2D eigenvalue weighted by Crippen LogP contribution is 2.28. The van der Waals surface area contributed by atoms with E-state index in [0.29, 0.717) is 18.1 Å². The highest BCUT2D eigenvalue weighted by atomic mass is 35.5. The number of ether oxygens (including phenoxy) is 1. The van der Waals surface area contributed by atoms with Crippen molar-refractivity contribution in [3.63, 3.8) is 0 Å². The van der Waals surface area contributed by atoms with Gasteiger partial charge in [0.25, 0.3) is 0 Å². The Balaban J connectivity index is 1.46. The standard InChI is InChI=1S/C26H37ClN4O/c1-20-17-31(24-11-14-29(15-12-24)26-6-4-5-13-28-26)25(19-30(20)18-21(2)32-3)16-22-7-9-23(27)10-8-22/h4-10,13,20-21,24-25H,11-12,14-19H2,1-3H3/t20-,21+,25-/m0/s1. The van der Waals surface area contributed by atoms with Gasteiger partial charge in [0.05, 0.1) is 6.10 Å². The predicted octanol–water partition coefficient (Wildman–Crippen LogP) is 4.36. The highest BCUT2D eigenvalue weighted by Gasteiger charge is 2.37. The van der Waals surface area contributed by atoms with Crippen LogP contribution in [0.3, 0.4) is 0 Å². The van der Waals surface area contributed by atoms with Gasteiger partial charge in [-0.2, -0.15) is 0 Å². The molecule has 2 saturated heterocycles. The van der Waals surface area contributed by atoms with Crippen LogP contribution in [-0.4, -0.2) is 78.8 Å². The smallest absolute Gasteiger partial charge is 0.128 e. The first-order chi connectivity index (χ1) is 15.5. The molecule has 0 aliphatic carbocycles. The zero-order valence-corrected chi connectivity index (χ0v) is 20.4. The fourth-order valence-corrected chi connectivity index (χ4v) is 5.40. The Bertz CT molecular complexity index is 825. The van der Waals surface area contributed by atoms with E-state index < -0.39 is 0 Å². The minimum atomic E-state index is 0.252. The summed E-state index contributed by atoms with van der Waals surface area (Å²) in [5, 5.41) is 0.806. The van der Waals surface area contributed by atoms with Crippen molar-refractivity contribution < 1.29 is 4.74 Å². The molecule has 5 nitrogen and oxygen atoms in total. The number of piperazine rings is 1. The van der Waals surface area contributed by atoms with Crippen LogP contribution < -0.4 is 4.90 Å². The van der Waals surface area contributed by atoms with Gasteiger partial charge in [-0.1, -0.05) is 29.8 Å². The van der Waals surface area contributed by atoms with E-state index in [-0.39, 0.29) is 6.10 Å². The molecule has 0 bridgehead atoms. The summed E-state index contributed by atoms with van der Waals surface area (Å²) in [7, 11) is 1.81. The Morgan fingerprint density at radius 1 is 1.09 bits per heavy atom. The van der Waals surface area contributed by atoms with Crippen molar-refractivity contribution in [3.8, 4) is 0 Å². The maximum absolute atomic E-state index is 6.14. The van der Waals surface area contributed by atoms with Gasteiger partial charge < -0.3 is 9.64 Å². The molecule has 3 heterocycles. The minimum absolute atomic E-state index is 0.252. The zero-order chi connectivity index (χ0) is 22.5. The van der Waals surface area contributed by atoms with Crippen molar-refractivity contribution in [2.24, 2.45) is 0 Å². The van der Waals surface area contributed by atoms with Gasteiger partial charge in [-0.15, -0.1) is 0 Å². The molecule has 32 heavy (non-hydrogen) atoms. The number of nitrogens with zero attached hydrogens (tertiary/aromatic N) is 4. The third kappa shape index (κ3) is 5.82. The monoisotopic (exact) mass is 456 g/mol. The molecule has 174 valence electrons. The van der Waals surface area contributed by atoms with E-state index in [1.165, 1.54) is 18.4 Å². The Hall–Kier alpha value is -1.66. The molecule has 2 fully saturated rings. The average Bonchev–Trinajstić information content (AvgIpc) is 2.83. The minimum Gasteiger partial charge on any atom is -0.380 e. The van der Waals surface area contributed by atoms with Crippen molar-refractivity contribution >= 4 is 17.4 Å². The fraction of sp³-hybridized carbons (Fsp3) is 0.577. The number of benzene rings is 1. The van der Waals surface area contributed by atoms with Crippen LogP contribution in [0.2, 0.25) is 5.02 Å². The summed E-state index contributed by atoms with van der Waals surface area (Å²) < 4.78 is 5.58. The Labute approximate surface area is 198 Å². The number of rotatable bonds is 7. The third-order valence-corrected chi connectivity index (χ3v) is 7.45. The molecule has 4 rings (SSSR count). The Kier molecular flexibility index (Phi) is 8.06. The lowest BCUT2D eigenvalue weighted by Gasteiger charge is -2.50. The number of pyridine rings is 1. The van der Waals surface area contributed by atoms with Crippen LogP contribution in [-0.2, 0) is 11.2 Å². The molecule has 6 heteroatoms. The number of halogens is 1. The van der Waals surface area contributed by atoms with Crippen LogP contribution >= 0.6 is 11.6 Å². The second-order valence-electron chi connectivity index (χ2n) is 9.44. The normalized spacial score (nSPS) is 24.6. The van der Waals surface area contributed by atoms with Crippen LogP contribution in [0.1, 0.15) is 32.3 Å². The van der Waals surface area contributed by atoms with Crippen LogP contribution in [0.25, 0.3) is 0 Å². The molecular weight excluding hydrogens is 420 g/mol. The summed E-state index contributed by atoms with van der Waals surface area (Å²) in [6.45, 7) is 9.87. The van der Waals surface area contributed by atoms with Crippen molar-refractivity contribution in [1.29, 1.82) is 0 Å². The van der Waals surface area contributed by atoms with Gasteiger partial charge in [-0.3, -0.25) is 9.80 Å². The van der Waals surface area contributed by atoms with Gasteiger partial charge in [0.15, 0.2) is 0 Å².